The Labute approximate surface area is 135 Å². The molecular formula is C16H23N3O2S. The molecule has 2 heterocycles. The largest absolute Gasteiger partial charge is 0.361 e. The Morgan fingerprint density at radius 3 is 2.64 bits per heavy atom. The fourth-order valence-corrected chi connectivity index (χ4v) is 3.38. The summed E-state index contributed by atoms with van der Waals surface area (Å²) in [7, 11) is 0. The number of nitrogens with one attached hydrogen (secondary N) is 1. The highest BCUT2D eigenvalue weighted by Crippen LogP contribution is 2.22. The quantitative estimate of drug-likeness (QED) is 0.851. The number of hydrogen-bond donors (Lipinski definition) is 1. The summed E-state index contributed by atoms with van der Waals surface area (Å²) < 4.78 is 5.07. The first-order valence-corrected chi connectivity index (χ1v) is 8.49. The summed E-state index contributed by atoms with van der Waals surface area (Å²) in [6, 6.07) is 2.31. The first-order valence-electron chi connectivity index (χ1n) is 7.55. The minimum absolute atomic E-state index is 0.122. The Morgan fingerprint density at radius 2 is 2.14 bits per heavy atom. The minimum Gasteiger partial charge on any atom is -0.361 e. The normalized spacial score (nSPS) is 12.6. The van der Waals surface area contributed by atoms with Gasteiger partial charge in [0.1, 0.15) is 11.3 Å². The van der Waals surface area contributed by atoms with Crippen LogP contribution < -0.4 is 5.32 Å². The highest BCUT2D eigenvalue weighted by atomic mass is 32.1. The fourth-order valence-electron chi connectivity index (χ4n) is 2.67. The van der Waals surface area contributed by atoms with Gasteiger partial charge in [-0.15, -0.1) is 0 Å². The molecule has 0 aromatic carbocycles. The van der Waals surface area contributed by atoms with E-state index < -0.39 is 0 Å². The van der Waals surface area contributed by atoms with E-state index >= 15 is 0 Å². The molecular weight excluding hydrogens is 298 g/mol. The van der Waals surface area contributed by atoms with Crippen LogP contribution in [0.2, 0.25) is 0 Å². The van der Waals surface area contributed by atoms with Gasteiger partial charge in [-0.05, 0) is 49.3 Å². The predicted octanol–water partition coefficient (Wildman–Crippen LogP) is 3.17. The Morgan fingerprint density at radius 1 is 1.41 bits per heavy atom. The second-order valence-corrected chi connectivity index (χ2v) is 5.98. The van der Waals surface area contributed by atoms with E-state index in [4.69, 9.17) is 4.52 Å². The first kappa shape index (κ1) is 16.7. The highest BCUT2D eigenvalue weighted by molar-refractivity contribution is 7.07. The Kier molecular flexibility index (Phi) is 5.74. The average Bonchev–Trinajstić information content (AvgIpc) is 3.13. The van der Waals surface area contributed by atoms with Gasteiger partial charge < -0.3 is 9.84 Å². The van der Waals surface area contributed by atoms with Crippen molar-refractivity contribution in [3.8, 4) is 0 Å². The Bertz CT molecular complexity index is 583. The molecule has 0 aliphatic carbocycles. The summed E-state index contributed by atoms with van der Waals surface area (Å²) in [4.78, 5) is 14.7. The topological polar surface area (TPSA) is 58.4 Å². The van der Waals surface area contributed by atoms with E-state index in [1.165, 1.54) is 5.56 Å². The van der Waals surface area contributed by atoms with Crippen LogP contribution in [0.4, 0.5) is 0 Å². The molecule has 120 valence electrons. The summed E-state index contributed by atoms with van der Waals surface area (Å²) >= 11 is 1.68. The molecule has 5 nitrogen and oxygen atoms in total. The molecule has 1 amide bonds. The van der Waals surface area contributed by atoms with Crippen LogP contribution >= 0.6 is 11.3 Å². The van der Waals surface area contributed by atoms with Crippen LogP contribution in [-0.4, -0.2) is 35.6 Å². The highest BCUT2D eigenvalue weighted by Gasteiger charge is 2.22. The standard InChI is InChI=1S/C16H23N3O2S/c1-5-19(6-2)14(13-7-8-22-10-13)9-17-16(20)15-11(3)18-21-12(15)4/h7-8,10,14H,5-6,9H2,1-4H3,(H,17,20). The second kappa shape index (κ2) is 7.56. The van der Waals surface area contributed by atoms with E-state index in [1.54, 1.807) is 25.2 Å². The molecule has 2 aromatic rings. The number of aryl methyl sites for hydroxylation is 2. The Balaban J connectivity index is 2.10. The van der Waals surface area contributed by atoms with Crippen molar-refractivity contribution in [1.29, 1.82) is 0 Å². The summed E-state index contributed by atoms with van der Waals surface area (Å²) in [5, 5.41) is 11.1. The molecule has 0 fully saturated rings. The van der Waals surface area contributed by atoms with Crippen molar-refractivity contribution in [2.24, 2.45) is 0 Å². The lowest BCUT2D eigenvalue weighted by Gasteiger charge is -2.29. The van der Waals surface area contributed by atoms with Crippen LogP contribution in [0.5, 0.6) is 0 Å². The smallest absolute Gasteiger partial charge is 0.256 e. The molecule has 1 atom stereocenters. The van der Waals surface area contributed by atoms with Crippen LogP contribution in [-0.2, 0) is 0 Å². The molecule has 0 aliphatic heterocycles. The molecule has 0 aliphatic rings. The van der Waals surface area contributed by atoms with Gasteiger partial charge in [0.25, 0.3) is 5.91 Å². The lowest BCUT2D eigenvalue weighted by atomic mass is 10.1. The number of hydrogen-bond acceptors (Lipinski definition) is 5. The number of carbonyl (C=O) groups is 1. The molecule has 1 N–H and O–H groups in total. The van der Waals surface area contributed by atoms with Crippen molar-refractivity contribution in [2.45, 2.75) is 33.7 Å². The molecule has 1 unspecified atom stereocenters. The number of amides is 1. The molecule has 22 heavy (non-hydrogen) atoms. The van der Waals surface area contributed by atoms with E-state index in [9.17, 15) is 4.79 Å². The maximum atomic E-state index is 12.4. The van der Waals surface area contributed by atoms with E-state index in [0.29, 0.717) is 23.6 Å². The van der Waals surface area contributed by atoms with Crippen LogP contribution in [0.25, 0.3) is 0 Å². The summed E-state index contributed by atoms with van der Waals surface area (Å²) in [6.45, 7) is 10.3. The summed E-state index contributed by atoms with van der Waals surface area (Å²) in [5.41, 5.74) is 2.42. The van der Waals surface area contributed by atoms with Crippen LogP contribution in [0.3, 0.4) is 0 Å². The van der Waals surface area contributed by atoms with E-state index in [-0.39, 0.29) is 11.9 Å². The number of nitrogens with zero attached hydrogens (tertiary/aromatic N) is 2. The maximum Gasteiger partial charge on any atom is 0.256 e. The number of thiophene rings is 1. The van der Waals surface area contributed by atoms with Gasteiger partial charge in [-0.2, -0.15) is 11.3 Å². The fraction of sp³-hybridized carbons (Fsp3) is 0.500. The van der Waals surface area contributed by atoms with Crippen molar-refractivity contribution in [1.82, 2.24) is 15.4 Å². The molecule has 0 radical (unpaired) electrons. The zero-order valence-corrected chi connectivity index (χ0v) is 14.4. The molecule has 0 saturated heterocycles. The molecule has 0 saturated carbocycles. The van der Waals surface area contributed by atoms with Gasteiger partial charge in [0.15, 0.2) is 0 Å². The third-order valence-electron chi connectivity index (χ3n) is 3.90. The zero-order valence-electron chi connectivity index (χ0n) is 13.5. The monoisotopic (exact) mass is 321 g/mol. The summed E-state index contributed by atoms with van der Waals surface area (Å²) in [5.74, 6) is 0.438. The Hall–Kier alpha value is -1.66. The van der Waals surface area contributed by atoms with Crippen molar-refractivity contribution in [3.05, 3.63) is 39.4 Å². The third-order valence-corrected chi connectivity index (χ3v) is 4.60. The van der Waals surface area contributed by atoms with Crippen molar-refractivity contribution >= 4 is 17.2 Å². The van der Waals surface area contributed by atoms with Crippen molar-refractivity contribution in [2.75, 3.05) is 19.6 Å². The number of aromatic nitrogens is 1. The molecule has 0 bridgehead atoms. The first-order chi connectivity index (χ1) is 10.6. The van der Waals surface area contributed by atoms with Crippen molar-refractivity contribution in [3.63, 3.8) is 0 Å². The van der Waals surface area contributed by atoms with Crippen LogP contribution in [0.1, 0.15) is 47.3 Å². The van der Waals surface area contributed by atoms with Gasteiger partial charge in [0.05, 0.1) is 11.7 Å². The number of rotatable bonds is 7. The van der Waals surface area contributed by atoms with Gasteiger partial charge in [-0.25, -0.2) is 0 Å². The molecule has 2 rings (SSSR count). The number of carbonyl (C=O) groups excluding carboxylic acids is 1. The van der Waals surface area contributed by atoms with E-state index in [2.05, 4.69) is 46.0 Å². The lowest BCUT2D eigenvalue weighted by Crippen LogP contribution is -2.38. The summed E-state index contributed by atoms with van der Waals surface area (Å²) in [6.07, 6.45) is 0. The van der Waals surface area contributed by atoms with Gasteiger partial charge in [-0.1, -0.05) is 19.0 Å². The molecule has 0 spiro atoms. The van der Waals surface area contributed by atoms with Gasteiger partial charge in [0, 0.05) is 6.54 Å². The maximum absolute atomic E-state index is 12.4. The molecule has 2 aromatic heterocycles. The average molecular weight is 321 g/mol. The van der Waals surface area contributed by atoms with E-state index in [0.717, 1.165) is 13.1 Å². The SMILES string of the molecule is CCN(CC)C(CNC(=O)c1c(C)noc1C)c1ccsc1. The van der Waals surface area contributed by atoms with Gasteiger partial charge in [0.2, 0.25) is 0 Å². The lowest BCUT2D eigenvalue weighted by molar-refractivity contribution is 0.0933. The van der Waals surface area contributed by atoms with Crippen LogP contribution in [0.15, 0.2) is 21.3 Å². The molecule has 6 heteroatoms. The van der Waals surface area contributed by atoms with Gasteiger partial charge >= 0.3 is 0 Å². The third kappa shape index (κ3) is 3.56. The van der Waals surface area contributed by atoms with Crippen molar-refractivity contribution < 1.29 is 9.32 Å². The second-order valence-electron chi connectivity index (χ2n) is 5.20. The predicted molar refractivity (Wildman–Crippen MR) is 88.3 cm³/mol. The number of likely N-dealkylation sites (N-methyl/N-ethyl adjacent to an activating group) is 1. The zero-order chi connectivity index (χ0) is 16.1. The van der Waals surface area contributed by atoms with E-state index in [1.807, 2.05) is 0 Å². The van der Waals surface area contributed by atoms with Gasteiger partial charge in [-0.3, -0.25) is 9.69 Å². The van der Waals surface area contributed by atoms with Crippen LogP contribution in [0, 0.1) is 13.8 Å². The minimum atomic E-state index is -0.122.